The average Bonchev–Trinajstić information content (AvgIpc) is 2.67. The summed E-state index contributed by atoms with van der Waals surface area (Å²) < 4.78 is 0. The maximum Gasteiger partial charge on any atom is 0.171 e. The molecule has 4 heteroatoms. The van der Waals surface area contributed by atoms with Crippen molar-refractivity contribution < 1.29 is 0 Å². The van der Waals surface area contributed by atoms with E-state index in [0.717, 1.165) is 18.2 Å². The van der Waals surface area contributed by atoms with Gasteiger partial charge in [-0.1, -0.05) is 45.0 Å². The van der Waals surface area contributed by atoms with Gasteiger partial charge >= 0.3 is 0 Å². The predicted molar refractivity (Wildman–Crippen MR) is 121 cm³/mol. The molecule has 1 saturated heterocycles. The van der Waals surface area contributed by atoms with Crippen molar-refractivity contribution in [2.75, 3.05) is 23.3 Å². The molecule has 0 bridgehead atoms. The van der Waals surface area contributed by atoms with Gasteiger partial charge in [-0.3, -0.25) is 0 Å². The van der Waals surface area contributed by atoms with Crippen LogP contribution in [0.5, 0.6) is 0 Å². The van der Waals surface area contributed by atoms with E-state index < -0.39 is 0 Å². The van der Waals surface area contributed by atoms with Crippen LogP contribution in [0.25, 0.3) is 0 Å². The van der Waals surface area contributed by atoms with Gasteiger partial charge in [-0.15, -0.1) is 0 Å². The fourth-order valence-corrected chi connectivity index (χ4v) is 3.75. The van der Waals surface area contributed by atoms with Crippen LogP contribution in [0.15, 0.2) is 48.5 Å². The number of benzene rings is 2. The Labute approximate surface area is 169 Å². The molecule has 144 valence electrons. The van der Waals surface area contributed by atoms with E-state index in [0.29, 0.717) is 11.0 Å². The molecule has 0 spiro atoms. The number of hydrogen-bond acceptors (Lipinski definition) is 2. The Hall–Kier alpha value is -2.07. The van der Waals surface area contributed by atoms with Gasteiger partial charge in [0.1, 0.15) is 0 Å². The van der Waals surface area contributed by atoms with Gasteiger partial charge in [-0.05, 0) is 72.3 Å². The van der Waals surface area contributed by atoms with Gasteiger partial charge < -0.3 is 15.5 Å². The van der Waals surface area contributed by atoms with Crippen LogP contribution in [-0.2, 0) is 6.54 Å². The summed E-state index contributed by atoms with van der Waals surface area (Å²) in [5.74, 6) is 1.33. The first-order chi connectivity index (χ1) is 13.0. The van der Waals surface area contributed by atoms with Crippen LogP contribution in [0, 0.1) is 5.92 Å². The third-order valence-corrected chi connectivity index (χ3v) is 5.49. The molecule has 0 aliphatic carbocycles. The van der Waals surface area contributed by atoms with E-state index in [9.17, 15) is 0 Å². The minimum absolute atomic E-state index is 0.542. The third-order valence-electron chi connectivity index (χ3n) is 5.25. The van der Waals surface area contributed by atoms with E-state index in [1.165, 1.54) is 42.7 Å². The van der Waals surface area contributed by atoms with Gasteiger partial charge in [-0.25, -0.2) is 0 Å². The van der Waals surface area contributed by atoms with Crippen LogP contribution in [0.1, 0.15) is 50.7 Å². The highest BCUT2D eigenvalue weighted by molar-refractivity contribution is 7.80. The van der Waals surface area contributed by atoms with E-state index in [1.54, 1.807) is 0 Å². The standard InChI is InChI=1S/C23H31N3S/c1-17(2)20-8-10-21(11-9-20)25-23(27)24-15-19-6-12-22(13-7-19)26-14-4-5-18(3)16-26/h6-13,17-18H,4-5,14-16H2,1-3H3,(H2,24,25,27). The highest BCUT2D eigenvalue weighted by Crippen LogP contribution is 2.23. The Kier molecular flexibility index (Phi) is 6.73. The number of hydrogen-bond donors (Lipinski definition) is 2. The lowest BCUT2D eigenvalue weighted by molar-refractivity contribution is 0.447. The van der Waals surface area contributed by atoms with Crippen LogP contribution in [0.2, 0.25) is 0 Å². The number of thiocarbonyl (C=S) groups is 1. The summed E-state index contributed by atoms with van der Waals surface area (Å²) in [4.78, 5) is 2.50. The molecule has 1 heterocycles. The number of nitrogens with one attached hydrogen (secondary N) is 2. The fourth-order valence-electron chi connectivity index (χ4n) is 3.56. The summed E-state index contributed by atoms with van der Waals surface area (Å²) in [6.45, 7) is 9.81. The molecule has 1 atom stereocenters. The lowest BCUT2D eigenvalue weighted by atomic mass is 9.99. The normalized spacial score (nSPS) is 17.0. The van der Waals surface area contributed by atoms with Crippen molar-refractivity contribution >= 4 is 28.7 Å². The first-order valence-corrected chi connectivity index (χ1v) is 10.4. The van der Waals surface area contributed by atoms with E-state index in [4.69, 9.17) is 12.2 Å². The predicted octanol–water partition coefficient (Wildman–Crippen LogP) is 5.53. The van der Waals surface area contributed by atoms with Crippen molar-refractivity contribution in [3.63, 3.8) is 0 Å². The van der Waals surface area contributed by atoms with Crippen molar-refractivity contribution in [3.8, 4) is 0 Å². The van der Waals surface area contributed by atoms with Crippen molar-refractivity contribution in [3.05, 3.63) is 59.7 Å². The van der Waals surface area contributed by atoms with Gasteiger partial charge in [-0.2, -0.15) is 0 Å². The molecule has 0 aromatic heterocycles. The van der Waals surface area contributed by atoms with Crippen molar-refractivity contribution in [1.82, 2.24) is 5.32 Å². The van der Waals surface area contributed by atoms with E-state index in [2.05, 4.69) is 84.8 Å². The summed E-state index contributed by atoms with van der Waals surface area (Å²) in [5.41, 5.74) is 4.92. The SMILES string of the molecule is CC1CCCN(c2ccc(CNC(=S)Nc3ccc(C(C)C)cc3)cc2)C1. The van der Waals surface area contributed by atoms with Gasteiger partial charge in [0.05, 0.1) is 0 Å². The van der Waals surface area contributed by atoms with Crippen LogP contribution in [0.3, 0.4) is 0 Å². The zero-order valence-corrected chi connectivity index (χ0v) is 17.5. The number of nitrogens with zero attached hydrogens (tertiary/aromatic N) is 1. The second-order valence-corrected chi connectivity index (χ2v) is 8.35. The van der Waals surface area contributed by atoms with E-state index in [1.807, 2.05) is 0 Å². The zero-order valence-electron chi connectivity index (χ0n) is 16.7. The van der Waals surface area contributed by atoms with Crippen molar-refractivity contribution in [2.45, 2.75) is 46.1 Å². The molecular weight excluding hydrogens is 350 g/mol. The van der Waals surface area contributed by atoms with E-state index >= 15 is 0 Å². The molecule has 2 N–H and O–H groups in total. The molecule has 1 aliphatic rings. The Morgan fingerprint density at radius 3 is 2.44 bits per heavy atom. The molecule has 27 heavy (non-hydrogen) atoms. The Morgan fingerprint density at radius 1 is 1.11 bits per heavy atom. The quantitative estimate of drug-likeness (QED) is 0.666. The summed E-state index contributed by atoms with van der Waals surface area (Å²) in [5, 5.41) is 7.21. The highest BCUT2D eigenvalue weighted by Gasteiger charge is 2.16. The number of anilines is 2. The number of rotatable bonds is 5. The molecule has 2 aromatic carbocycles. The first kappa shape index (κ1) is 19.7. The molecule has 1 fully saturated rings. The fraction of sp³-hybridized carbons (Fsp3) is 0.435. The topological polar surface area (TPSA) is 27.3 Å². The van der Waals surface area contributed by atoms with Gasteiger partial charge in [0, 0.05) is 31.0 Å². The second kappa shape index (κ2) is 9.23. The molecule has 3 nitrogen and oxygen atoms in total. The molecule has 1 aliphatic heterocycles. The minimum atomic E-state index is 0.542. The van der Waals surface area contributed by atoms with Crippen molar-refractivity contribution in [1.29, 1.82) is 0 Å². The zero-order chi connectivity index (χ0) is 19.2. The minimum Gasteiger partial charge on any atom is -0.371 e. The summed E-state index contributed by atoms with van der Waals surface area (Å²) in [6, 6.07) is 17.3. The molecule has 0 saturated carbocycles. The molecule has 3 rings (SSSR count). The summed E-state index contributed by atoms with van der Waals surface area (Å²) >= 11 is 5.43. The van der Waals surface area contributed by atoms with Crippen LogP contribution in [0.4, 0.5) is 11.4 Å². The Bertz CT molecular complexity index is 737. The Morgan fingerprint density at radius 2 is 1.81 bits per heavy atom. The maximum absolute atomic E-state index is 5.43. The highest BCUT2D eigenvalue weighted by atomic mass is 32.1. The lowest BCUT2D eigenvalue weighted by Crippen LogP contribution is -2.34. The summed E-state index contributed by atoms with van der Waals surface area (Å²) in [6.07, 6.45) is 2.64. The van der Waals surface area contributed by atoms with Gasteiger partial charge in [0.15, 0.2) is 5.11 Å². The molecule has 2 aromatic rings. The smallest absolute Gasteiger partial charge is 0.171 e. The van der Waals surface area contributed by atoms with Gasteiger partial charge in [0.2, 0.25) is 0 Å². The van der Waals surface area contributed by atoms with Crippen LogP contribution >= 0.6 is 12.2 Å². The third kappa shape index (κ3) is 5.70. The van der Waals surface area contributed by atoms with Crippen LogP contribution in [-0.4, -0.2) is 18.2 Å². The molecular formula is C23H31N3S. The molecule has 1 unspecified atom stereocenters. The average molecular weight is 382 g/mol. The first-order valence-electron chi connectivity index (χ1n) is 10.00. The van der Waals surface area contributed by atoms with Gasteiger partial charge in [0.25, 0.3) is 0 Å². The maximum atomic E-state index is 5.43. The van der Waals surface area contributed by atoms with E-state index in [-0.39, 0.29) is 0 Å². The Balaban J connectivity index is 1.48. The summed E-state index contributed by atoms with van der Waals surface area (Å²) in [7, 11) is 0. The van der Waals surface area contributed by atoms with Crippen molar-refractivity contribution in [2.24, 2.45) is 5.92 Å². The largest absolute Gasteiger partial charge is 0.371 e. The lowest BCUT2D eigenvalue weighted by Gasteiger charge is -2.32. The molecule has 0 amide bonds. The second-order valence-electron chi connectivity index (χ2n) is 7.94. The molecule has 0 radical (unpaired) electrons. The monoisotopic (exact) mass is 381 g/mol. The van der Waals surface area contributed by atoms with Crippen LogP contribution < -0.4 is 15.5 Å². The number of piperidine rings is 1.